The van der Waals surface area contributed by atoms with Gasteiger partial charge in [-0.1, -0.05) is 12.1 Å². The molecule has 3 rings (SSSR count). The second-order valence-corrected chi connectivity index (χ2v) is 5.08. The Bertz CT molecular complexity index is 661. The molecule has 5 nitrogen and oxygen atoms in total. The molecule has 0 amide bonds. The summed E-state index contributed by atoms with van der Waals surface area (Å²) in [7, 11) is 0. The Balaban J connectivity index is 2.03. The van der Waals surface area contributed by atoms with Gasteiger partial charge in [0.1, 0.15) is 5.82 Å². The van der Waals surface area contributed by atoms with E-state index in [1.165, 1.54) is 6.07 Å². The lowest BCUT2D eigenvalue weighted by atomic mass is 10.1. The van der Waals surface area contributed by atoms with Crippen LogP contribution >= 0.6 is 11.6 Å². The van der Waals surface area contributed by atoms with Crippen molar-refractivity contribution in [3.8, 4) is 11.4 Å². The van der Waals surface area contributed by atoms with Gasteiger partial charge in [0.2, 0.25) is 11.2 Å². The summed E-state index contributed by atoms with van der Waals surface area (Å²) in [6, 6.07) is 4.81. The van der Waals surface area contributed by atoms with Gasteiger partial charge in [-0.05, 0) is 30.2 Å². The van der Waals surface area contributed by atoms with E-state index < -0.39 is 0 Å². The number of benzene rings is 1. The summed E-state index contributed by atoms with van der Waals surface area (Å²) in [5, 5.41) is 0.102. The second-order valence-electron chi connectivity index (χ2n) is 4.74. The van der Waals surface area contributed by atoms with Gasteiger partial charge in [-0.3, -0.25) is 0 Å². The predicted octanol–water partition coefficient (Wildman–Crippen LogP) is 2.48. The third-order valence-corrected chi connectivity index (χ3v) is 3.57. The summed E-state index contributed by atoms with van der Waals surface area (Å²) in [5.74, 6) is 0.586. The zero-order valence-corrected chi connectivity index (χ0v) is 12.3. The summed E-state index contributed by atoms with van der Waals surface area (Å²) in [4.78, 5) is 14.7. The quantitative estimate of drug-likeness (QED) is 0.853. The highest BCUT2D eigenvalue weighted by Crippen LogP contribution is 2.24. The Labute approximate surface area is 126 Å². The van der Waals surface area contributed by atoms with Gasteiger partial charge in [0.15, 0.2) is 5.82 Å². The Hall–Kier alpha value is -1.79. The van der Waals surface area contributed by atoms with Crippen molar-refractivity contribution in [1.29, 1.82) is 0 Å². The van der Waals surface area contributed by atoms with Crippen molar-refractivity contribution in [1.82, 2.24) is 15.0 Å². The van der Waals surface area contributed by atoms with Gasteiger partial charge in [0.05, 0.1) is 13.2 Å². The molecule has 0 saturated carbocycles. The first-order valence-corrected chi connectivity index (χ1v) is 7.02. The molecule has 0 unspecified atom stereocenters. The molecule has 0 spiro atoms. The van der Waals surface area contributed by atoms with Crippen LogP contribution in [0.4, 0.5) is 10.3 Å². The molecule has 0 N–H and O–H groups in total. The van der Waals surface area contributed by atoms with Crippen LogP contribution in [0, 0.1) is 12.7 Å². The van der Waals surface area contributed by atoms with E-state index >= 15 is 0 Å². The van der Waals surface area contributed by atoms with Crippen molar-refractivity contribution in [2.45, 2.75) is 6.92 Å². The average Bonchev–Trinajstić information content (AvgIpc) is 2.50. The van der Waals surface area contributed by atoms with Crippen molar-refractivity contribution in [2.75, 3.05) is 31.2 Å². The number of nitrogens with zero attached hydrogens (tertiary/aromatic N) is 4. The number of ether oxygens (including phenoxy) is 1. The average molecular weight is 309 g/mol. The normalized spacial score (nSPS) is 15.3. The Morgan fingerprint density at radius 2 is 1.95 bits per heavy atom. The van der Waals surface area contributed by atoms with Crippen molar-refractivity contribution >= 4 is 17.5 Å². The SMILES string of the molecule is Cc1c(F)cccc1-c1nc(Cl)nc(N2CCOCC2)n1. The molecule has 1 aliphatic rings. The van der Waals surface area contributed by atoms with Crippen molar-refractivity contribution in [3.63, 3.8) is 0 Å². The summed E-state index contributed by atoms with van der Waals surface area (Å²) in [5.41, 5.74) is 1.11. The van der Waals surface area contributed by atoms with E-state index in [0.717, 1.165) is 0 Å². The van der Waals surface area contributed by atoms with Crippen molar-refractivity contribution < 1.29 is 9.13 Å². The molecule has 7 heteroatoms. The van der Waals surface area contributed by atoms with E-state index in [4.69, 9.17) is 16.3 Å². The van der Waals surface area contributed by atoms with Crippen LogP contribution < -0.4 is 4.90 Å². The monoisotopic (exact) mass is 308 g/mol. The van der Waals surface area contributed by atoms with Crippen LogP contribution in [0.2, 0.25) is 5.28 Å². The number of halogens is 2. The minimum Gasteiger partial charge on any atom is -0.378 e. The molecule has 110 valence electrons. The molecule has 2 heterocycles. The summed E-state index contributed by atoms with van der Waals surface area (Å²) < 4.78 is 19.0. The lowest BCUT2D eigenvalue weighted by Gasteiger charge is -2.26. The molecular weight excluding hydrogens is 295 g/mol. The molecule has 2 aromatic rings. The molecule has 1 saturated heterocycles. The van der Waals surface area contributed by atoms with Gasteiger partial charge >= 0.3 is 0 Å². The molecule has 0 aliphatic carbocycles. The van der Waals surface area contributed by atoms with Crippen molar-refractivity contribution in [2.24, 2.45) is 0 Å². The van der Waals surface area contributed by atoms with Gasteiger partial charge in [0.25, 0.3) is 0 Å². The molecule has 0 radical (unpaired) electrons. The highest BCUT2D eigenvalue weighted by molar-refractivity contribution is 6.28. The lowest BCUT2D eigenvalue weighted by molar-refractivity contribution is 0.122. The zero-order valence-electron chi connectivity index (χ0n) is 11.5. The van der Waals surface area contributed by atoms with E-state index in [1.807, 2.05) is 4.90 Å². The standard InChI is InChI=1S/C14H14ClFN4O/c1-9-10(3-2-4-11(9)16)12-17-13(15)19-14(18-12)20-5-7-21-8-6-20/h2-4H,5-8H2,1H3. The van der Waals surface area contributed by atoms with Gasteiger partial charge in [-0.2, -0.15) is 15.0 Å². The highest BCUT2D eigenvalue weighted by Gasteiger charge is 2.17. The first-order chi connectivity index (χ1) is 10.1. The maximum Gasteiger partial charge on any atom is 0.230 e. The number of rotatable bonds is 2. The maximum absolute atomic E-state index is 13.7. The second kappa shape index (κ2) is 5.91. The van der Waals surface area contributed by atoms with E-state index in [0.29, 0.717) is 49.2 Å². The van der Waals surface area contributed by atoms with E-state index in [9.17, 15) is 4.39 Å². The first-order valence-electron chi connectivity index (χ1n) is 6.65. The minimum atomic E-state index is -0.294. The maximum atomic E-state index is 13.7. The molecule has 0 atom stereocenters. The highest BCUT2D eigenvalue weighted by atomic mass is 35.5. The first kappa shape index (κ1) is 14.2. The van der Waals surface area contributed by atoms with Gasteiger partial charge in [0, 0.05) is 18.7 Å². The van der Waals surface area contributed by atoms with E-state index in [2.05, 4.69) is 15.0 Å². The summed E-state index contributed by atoms with van der Waals surface area (Å²) >= 11 is 6.00. The Kier molecular flexibility index (Phi) is 3.98. The van der Waals surface area contributed by atoms with Crippen LogP contribution in [0.3, 0.4) is 0 Å². The number of morpholine rings is 1. The fourth-order valence-corrected chi connectivity index (χ4v) is 2.37. The largest absolute Gasteiger partial charge is 0.378 e. The van der Waals surface area contributed by atoms with Gasteiger partial charge in [-0.25, -0.2) is 4.39 Å². The molecule has 0 bridgehead atoms. The van der Waals surface area contributed by atoms with Gasteiger partial charge in [-0.15, -0.1) is 0 Å². The topological polar surface area (TPSA) is 51.1 Å². The number of hydrogen-bond acceptors (Lipinski definition) is 5. The van der Waals surface area contributed by atoms with Crippen LogP contribution in [-0.4, -0.2) is 41.3 Å². The lowest BCUT2D eigenvalue weighted by Crippen LogP contribution is -2.37. The number of aromatic nitrogens is 3. The molecular formula is C14H14ClFN4O. The Morgan fingerprint density at radius 1 is 1.19 bits per heavy atom. The van der Waals surface area contributed by atoms with Crippen LogP contribution in [0.5, 0.6) is 0 Å². The molecule has 1 aliphatic heterocycles. The van der Waals surface area contributed by atoms with Crippen LogP contribution in [0.25, 0.3) is 11.4 Å². The molecule has 1 aromatic heterocycles. The third kappa shape index (κ3) is 2.96. The number of anilines is 1. The molecule has 1 fully saturated rings. The van der Waals surface area contributed by atoms with Crippen LogP contribution in [-0.2, 0) is 4.74 Å². The Morgan fingerprint density at radius 3 is 2.71 bits per heavy atom. The smallest absolute Gasteiger partial charge is 0.230 e. The van der Waals surface area contributed by atoms with Crippen LogP contribution in [0.15, 0.2) is 18.2 Å². The summed E-state index contributed by atoms with van der Waals surface area (Å²) in [6.07, 6.45) is 0. The predicted molar refractivity (Wildman–Crippen MR) is 78.0 cm³/mol. The fraction of sp³-hybridized carbons (Fsp3) is 0.357. The fourth-order valence-electron chi connectivity index (χ4n) is 2.21. The van der Waals surface area contributed by atoms with Gasteiger partial charge < -0.3 is 9.64 Å². The summed E-state index contributed by atoms with van der Waals surface area (Å²) in [6.45, 7) is 4.33. The third-order valence-electron chi connectivity index (χ3n) is 3.40. The zero-order chi connectivity index (χ0) is 14.8. The molecule has 21 heavy (non-hydrogen) atoms. The van der Waals surface area contributed by atoms with Crippen molar-refractivity contribution in [3.05, 3.63) is 34.9 Å². The van der Waals surface area contributed by atoms with E-state index in [-0.39, 0.29) is 11.1 Å². The minimum absolute atomic E-state index is 0.102. The van der Waals surface area contributed by atoms with Crippen LogP contribution in [0.1, 0.15) is 5.56 Å². The molecule has 1 aromatic carbocycles. The van der Waals surface area contributed by atoms with E-state index in [1.54, 1.807) is 19.1 Å². The number of hydrogen-bond donors (Lipinski definition) is 0.